The fourth-order valence-corrected chi connectivity index (χ4v) is 2.18. The molecule has 19 heavy (non-hydrogen) atoms. The lowest BCUT2D eigenvalue weighted by molar-refractivity contribution is -0.125. The third kappa shape index (κ3) is 2.70. The second-order valence-electron chi connectivity index (χ2n) is 4.70. The van der Waals surface area contributed by atoms with E-state index < -0.39 is 6.04 Å². The number of nitrogens with one attached hydrogen (secondary N) is 1. The lowest BCUT2D eigenvalue weighted by Gasteiger charge is -2.24. The van der Waals surface area contributed by atoms with Crippen molar-refractivity contribution >= 4 is 17.5 Å². The van der Waals surface area contributed by atoms with Crippen LogP contribution in [0.15, 0.2) is 18.2 Å². The SMILES string of the molecule is COc1ccc(C)cc1N1CCC(=O)NC(C)C1=O. The average Bonchev–Trinajstić information content (AvgIpc) is 2.50. The Morgan fingerprint density at radius 2 is 2.11 bits per heavy atom. The number of amides is 2. The molecule has 1 fully saturated rings. The van der Waals surface area contributed by atoms with Crippen LogP contribution >= 0.6 is 0 Å². The van der Waals surface area contributed by atoms with Crippen LogP contribution in [0.4, 0.5) is 5.69 Å². The topological polar surface area (TPSA) is 58.6 Å². The van der Waals surface area contributed by atoms with E-state index in [9.17, 15) is 9.59 Å². The number of anilines is 1. The van der Waals surface area contributed by atoms with Gasteiger partial charge in [-0.15, -0.1) is 0 Å². The van der Waals surface area contributed by atoms with Crippen molar-refractivity contribution in [2.45, 2.75) is 26.3 Å². The molecule has 1 unspecified atom stereocenters. The summed E-state index contributed by atoms with van der Waals surface area (Å²) in [5, 5.41) is 2.67. The molecule has 0 aliphatic carbocycles. The quantitative estimate of drug-likeness (QED) is 0.872. The zero-order valence-corrected chi connectivity index (χ0v) is 11.4. The van der Waals surface area contributed by atoms with Gasteiger partial charge < -0.3 is 15.0 Å². The van der Waals surface area contributed by atoms with Gasteiger partial charge in [-0.2, -0.15) is 0 Å². The minimum Gasteiger partial charge on any atom is -0.495 e. The molecule has 0 bridgehead atoms. The Hall–Kier alpha value is -2.04. The Morgan fingerprint density at radius 1 is 1.37 bits per heavy atom. The molecule has 0 spiro atoms. The van der Waals surface area contributed by atoms with Crippen molar-refractivity contribution in [3.63, 3.8) is 0 Å². The van der Waals surface area contributed by atoms with Gasteiger partial charge in [-0.25, -0.2) is 0 Å². The van der Waals surface area contributed by atoms with Crippen molar-refractivity contribution in [2.75, 3.05) is 18.6 Å². The van der Waals surface area contributed by atoms with Crippen LogP contribution in [0.25, 0.3) is 0 Å². The predicted octanol–water partition coefficient (Wildman–Crippen LogP) is 1.25. The molecule has 1 aromatic carbocycles. The highest BCUT2D eigenvalue weighted by Gasteiger charge is 2.29. The van der Waals surface area contributed by atoms with Gasteiger partial charge >= 0.3 is 0 Å². The lowest BCUT2D eigenvalue weighted by atomic mass is 10.1. The highest BCUT2D eigenvalue weighted by atomic mass is 16.5. The van der Waals surface area contributed by atoms with Crippen LogP contribution in [-0.4, -0.2) is 31.5 Å². The monoisotopic (exact) mass is 262 g/mol. The van der Waals surface area contributed by atoms with Gasteiger partial charge in [0.2, 0.25) is 11.8 Å². The van der Waals surface area contributed by atoms with Crippen LogP contribution in [0.2, 0.25) is 0 Å². The summed E-state index contributed by atoms with van der Waals surface area (Å²) < 4.78 is 5.31. The summed E-state index contributed by atoms with van der Waals surface area (Å²) in [7, 11) is 1.57. The first-order valence-electron chi connectivity index (χ1n) is 6.28. The molecule has 2 amide bonds. The molecule has 0 saturated carbocycles. The number of carbonyl (C=O) groups is 2. The number of hydrogen-bond donors (Lipinski definition) is 1. The maximum atomic E-state index is 12.3. The number of nitrogens with zero attached hydrogens (tertiary/aromatic N) is 1. The third-order valence-corrected chi connectivity index (χ3v) is 3.20. The molecule has 2 rings (SSSR count). The molecule has 0 aromatic heterocycles. The van der Waals surface area contributed by atoms with E-state index in [0.29, 0.717) is 18.7 Å². The number of ether oxygens (including phenoxy) is 1. The van der Waals surface area contributed by atoms with E-state index in [-0.39, 0.29) is 11.8 Å². The van der Waals surface area contributed by atoms with E-state index in [1.807, 2.05) is 25.1 Å². The average molecular weight is 262 g/mol. The largest absolute Gasteiger partial charge is 0.495 e. The molecule has 1 saturated heterocycles. The summed E-state index contributed by atoms with van der Waals surface area (Å²) in [6, 6.07) is 5.15. The van der Waals surface area contributed by atoms with Gasteiger partial charge in [-0.1, -0.05) is 6.07 Å². The first-order chi connectivity index (χ1) is 9.02. The molecule has 5 heteroatoms. The first kappa shape index (κ1) is 13.4. The summed E-state index contributed by atoms with van der Waals surface area (Å²) in [5.74, 6) is 0.421. The highest BCUT2D eigenvalue weighted by molar-refractivity contribution is 6.02. The Kier molecular flexibility index (Phi) is 3.74. The van der Waals surface area contributed by atoms with E-state index in [4.69, 9.17) is 4.74 Å². The zero-order chi connectivity index (χ0) is 14.0. The van der Waals surface area contributed by atoms with Gasteiger partial charge in [-0.3, -0.25) is 9.59 Å². The van der Waals surface area contributed by atoms with Crippen molar-refractivity contribution in [1.29, 1.82) is 0 Å². The van der Waals surface area contributed by atoms with E-state index in [1.165, 1.54) is 0 Å². The second kappa shape index (κ2) is 5.30. The number of rotatable bonds is 2. The van der Waals surface area contributed by atoms with Crippen LogP contribution in [0.1, 0.15) is 18.9 Å². The summed E-state index contributed by atoms with van der Waals surface area (Å²) >= 11 is 0. The summed E-state index contributed by atoms with van der Waals surface area (Å²) in [4.78, 5) is 25.5. The van der Waals surface area contributed by atoms with Gasteiger partial charge in [0, 0.05) is 13.0 Å². The molecular weight excluding hydrogens is 244 g/mol. The molecule has 1 N–H and O–H groups in total. The van der Waals surface area contributed by atoms with Crippen molar-refractivity contribution in [2.24, 2.45) is 0 Å². The summed E-state index contributed by atoms with van der Waals surface area (Å²) in [6.07, 6.45) is 0.299. The van der Waals surface area contributed by atoms with Crippen LogP contribution in [-0.2, 0) is 9.59 Å². The Morgan fingerprint density at radius 3 is 2.79 bits per heavy atom. The molecule has 1 atom stereocenters. The second-order valence-corrected chi connectivity index (χ2v) is 4.70. The standard InChI is InChI=1S/C14H18N2O3/c1-9-4-5-12(19-3)11(8-9)16-7-6-13(17)15-10(2)14(16)18/h4-5,8,10H,6-7H2,1-3H3,(H,15,17). The van der Waals surface area contributed by atoms with Gasteiger partial charge in [0.15, 0.2) is 0 Å². The Balaban J connectivity index is 2.41. The van der Waals surface area contributed by atoms with Gasteiger partial charge in [0.1, 0.15) is 11.8 Å². The van der Waals surface area contributed by atoms with E-state index in [0.717, 1.165) is 11.3 Å². The maximum Gasteiger partial charge on any atom is 0.249 e. The molecule has 102 valence electrons. The Bertz CT molecular complexity index is 513. The van der Waals surface area contributed by atoms with Gasteiger partial charge in [0.25, 0.3) is 0 Å². The van der Waals surface area contributed by atoms with E-state index in [2.05, 4.69) is 5.32 Å². The molecule has 1 aromatic rings. The highest BCUT2D eigenvalue weighted by Crippen LogP contribution is 2.30. The normalized spacial score (nSPS) is 19.9. The zero-order valence-electron chi connectivity index (χ0n) is 11.4. The molecule has 5 nitrogen and oxygen atoms in total. The van der Waals surface area contributed by atoms with Gasteiger partial charge in [0.05, 0.1) is 12.8 Å². The van der Waals surface area contributed by atoms with Crippen molar-refractivity contribution < 1.29 is 14.3 Å². The number of aryl methyl sites for hydroxylation is 1. The van der Waals surface area contributed by atoms with Gasteiger partial charge in [-0.05, 0) is 31.5 Å². The number of hydrogen-bond acceptors (Lipinski definition) is 3. The van der Waals surface area contributed by atoms with Crippen LogP contribution in [0.5, 0.6) is 5.75 Å². The number of benzene rings is 1. The minimum absolute atomic E-state index is 0.102. The Labute approximate surface area is 112 Å². The maximum absolute atomic E-state index is 12.3. The molecule has 1 heterocycles. The molecule has 1 aliphatic rings. The van der Waals surface area contributed by atoms with E-state index >= 15 is 0 Å². The lowest BCUT2D eigenvalue weighted by Crippen LogP contribution is -2.42. The van der Waals surface area contributed by atoms with Crippen molar-refractivity contribution in [1.82, 2.24) is 5.32 Å². The fourth-order valence-electron chi connectivity index (χ4n) is 2.18. The smallest absolute Gasteiger partial charge is 0.249 e. The van der Waals surface area contributed by atoms with Crippen LogP contribution in [0.3, 0.4) is 0 Å². The third-order valence-electron chi connectivity index (χ3n) is 3.20. The number of carbonyl (C=O) groups excluding carboxylic acids is 2. The van der Waals surface area contributed by atoms with Crippen molar-refractivity contribution in [3.05, 3.63) is 23.8 Å². The fraction of sp³-hybridized carbons (Fsp3) is 0.429. The minimum atomic E-state index is -0.514. The first-order valence-corrected chi connectivity index (χ1v) is 6.28. The van der Waals surface area contributed by atoms with Crippen LogP contribution in [0, 0.1) is 6.92 Å². The number of methoxy groups -OCH3 is 1. The van der Waals surface area contributed by atoms with E-state index in [1.54, 1.807) is 18.9 Å². The van der Waals surface area contributed by atoms with Crippen molar-refractivity contribution in [3.8, 4) is 5.75 Å². The predicted molar refractivity (Wildman–Crippen MR) is 72.3 cm³/mol. The summed E-state index contributed by atoms with van der Waals surface area (Å²) in [6.45, 7) is 4.02. The summed E-state index contributed by atoms with van der Waals surface area (Å²) in [5.41, 5.74) is 1.76. The molecule has 0 radical (unpaired) electrons. The van der Waals surface area contributed by atoms with Crippen LogP contribution < -0.4 is 15.0 Å². The molecule has 1 aliphatic heterocycles. The molecular formula is C14H18N2O3.